The molecule has 0 bridgehead atoms. The SMILES string of the molecule is Cc1cc(C)c(C(=O)NCCSc2ccc(Cl)cc2)cc1C. The van der Waals surface area contributed by atoms with Crippen LogP contribution in [0, 0.1) is 20.8 Å². The van der Waals surface area contributed by atoms with Crippen molar-refractivity contribution >= 4 is 29.3 Å². The first-order valence-corrected chi connectivity index (χ1v) is 8.58. The molecule has 0 aliphatic rings. The Morgan fingerprint density at radius 2 is 1.68 bits per heavy atom. The van der Waals surface area contributed by atoms with E-state index < -0.39 is 0 Å². The maximum absolute atomic E-state index is 12.2. The van der Waals surface area contributed by atoms with E-state index in [1.165, 1.54) is 5.56 Å². The Balaban J connectivity index is 1.85. The fourth-order valence-electron chi connectivity index (χ4n) is 2.16. The van der Waals surface area contributed by atoms with E-state index in [0.29, 0.717) is 6.54 Å². The number of nitrogens with one attached hydrogen (secondary N) is 1. The van der Waals surface area contributed by atoms with E-state index in [9.17, 15) is 4.79 Å². The summed E-state index contributed by atoms with van der Waals surface area (Å²) in [5.41, 5.74) is 4.14. The van der Waals surface area contributed by atoms with Crippen LogP contribution in [-0.2, 0) is 0 Å². The number of carbonyl (C=O) groups is 1. The first-order valence-electron chi connectivity index (χ1n) is 7.22. The van der Waals surface area contributed by atoms with Gasteiger partial charge in [-0.1, -0.05) is 17.7 Å². The lowest BCUT2D eigenvalue weighted by Crippen LogP contribution is -2.26. The summed E-state index contributed by atoms with van der Waals surface area (Å²) in [5.74, 6) is 0.828. The summed E-state index contributed by atoms with van der Waals surface area (Å²) in [6, 6.07) is 11.8. The van der Waals surface area contributed by atoms with E-state index in [2.05, 4.69) is 18.3 Å². The number of aryl methyl sites for hydroxylation is 3. The number of carbonyl (C=O) groups excluding carboxylic acids is 1. The smallest absolute Gasteiger partial charge is 0.251 e. The van der Waals surface area contributed by atoms with Crippen LogP contribution < -0.4 is 5.32 Å². The molecule has 0 heterocycles. The number of halogens is 1. The minimum Gasteiger partial charge on any atom is -0.351 e. The summed E-state index contributed by atoms with van der Waals surface area (Å²) in [7, 11) is 0. The molecule has 0 aliphatic heterocycles. The van der Waals surface area contributed by atoms with Gasteiger partial charge < -0.3 is 5.32 Å². The van der Waals surface area contributed by atoms with Crippen LogP contribution in [0.3, 0.4) is 0 Å². The molecule has 1 amide bonds. The van der Waals surface area contributed by atoms with E-state index in [-0.39, 0.29) is 5.91 Å². The maximum Gasteiger partial charge on any atom is 0.251 e. The monoisotopic (exact) mass is 333 g/mol. The molecule has 22 heavy (non-hydrogen) atoms. The molecule has 0 radical (unpaired) electrons. The fraction of sp³-hybridized carbons (Fsp3) is 0.278. The Kier molecular flexibility index (Phi) is 5.92. The standard InChI is InChI=1S/C18H20ClNOS/c1-12-10-14(3)17(11-13(12)2)18(21)20-8-9-22-16-6-4-15(19)5-7-16/h4-7,10-11H,8-9H2,1-3H3,(H,20,21). The number of benzene rings is 2. The van der Waals surface area contributed by atoms with Gasteiger partial charge in [0, 0.05) is 27.8 Å². The molecule has 0 aromatic heterocycles. The third kappa shape index (κ3) is 4.52. The van der Waals surface area contributed by atoms with Crippen molar-refractivity contribution in [1.82, 2.24) is 5.32 Å². The second kappa shape index (κ2) is 7.70. The van der Waals surface area contributed by atoms with Gasteiger partial charge >= 0.3 is 0 Å². The van der Waals surface area contributed by atoms with Crippen molar-refractivity contribution in [2.75, 3.05) is 12.3 Å². The largest absolute Gasteiger partial charge is 0.351 e. The fourth-order valence-corrected chi connectivity index (χ4v) is 3.06. The van der Waals surface area contributed by atoms with Crippen molar-refractivity contribution in [1.29, 1.82) is 0 Å². The molecule has 1 N–H and O–H groups in total. The molecule has 0 saturated carbocycles. The average molecular weight is 334 g/mol. The van der Waals surface area contributed by atoms with Gasteiger partial charge in [0.1, 0.15) is 0 Å². The van der Waals surface area contributed by atoms with Crippen LogP contribution in [-0.4, -0.2) is 18.2 Å². The molecular formula is C18H20ClNOS. The van der Waals surface area contributed by atoms with Gasteiger partial charge in [0.25, 0.3) is 5.91 Å². The first-order chi connectivity index (χ1) is 10.5. The van der Waals surface area contributed by atoms with E-state index >= 15 is 0 Å². The molecule has 0 unspecified atom stereocenters. The third-order valence-corrected chi connectivity index (χ3v) is 4.82. The van der Waals surface area contributed by atoms with Crippen LogP contribution in [0.25, 0.3) is 0 Å². The van der Waals surface area contributed by atoms with E-state index in [1.807, 2.05) is 44.2 Å². The van der Waals surface area contributed by atoms with Crippen molar-refractivity contribution in [2.45, 2.75) is 25.7 Å². The molecule has 0 fully saturated rings. The van der Waals surface area contributed by atoms with Crippen molar-refractivity contribution in [3.63, 3.8) is 0 Å². The predicted molar refractivity (Wildman–Crippen MR) is 95.2 cm³/mol. The minimum atomic E-state index is -0.00249. The molecular weight excluding hydrogens is 314 g/mol. The van der Waals surface area contributed by atoms with Crippen LogP contribution >= 0.6 is 23.4 Å². The lowest BCUT2D eigenvalue weighted by Gasteiger charge is -2.10. The van der Waals surface area contributed by atoms with E-state index in [4.69, 9.17) is 11.6 Å². The Morgan fingerprint density at radius 3 is 2.36 bits per heavy atom. The van der Waals surface area contributed by atoms with Gasteiger partial charge in [0.05, 0.1) is 0 Å². The highest BCUT2D eigenvalue weighted by Crippen LogP contribution is 2.20. The highest BCUT2D eigenvalue weighted by molar-refractivity contribution is 7.99. The molecule has 4 heteroatoms. The molecule has 0 saturated heterocycles. The number of amides is 1. The van der Waals surface area contributed by atoms with Crippen LogP contribution in [0.15, 0.2) is 41.3 Å². The van der Waals surface area contributed by atoms with Crippen molar-refractivity contribution < 1.29 is 4.79 Å². The molecule has 2 nitrogen and oxygen atoms in total. The molecule has 2 aromatic rings. The molecule has 0 spiro atoms. The third-order valence-electron chi connectivity index (χ3n) is 3.56. The zero-order valence-electron chi connectivity index (χ0n) is 13.1. The van der Waals surface area contributed by atoms with E-state index in [1.54, 1.807) is 11.8 Å². The van der Waals surface area contributed by atoms with Crippen LogP contribution in [0.5, 0.6) is 0 Å². The van der Waals surface area contributed by atoms with Gasteiger partial charge in [-0.3, -0.25) is 4.79 Å². The second-order valence-electron chi connectivity index (χ2n) is 5.31. The average Bonchev–Trinajstić information content (AvgIpc) is 2.49. The van der Waals surface area contributed by atoms with Crippen LogP contribution in [0.2, 0.25) is 5.02 Å². The Labute approximate surface area is 141 Å². The molecule has 0 aliphatic carbocycles. The second-order valence-corrected chi connectivity index (χ2v) is 6.91. The summed E-state index contributed by atoms with van der Waals surface area (Å²) in [5, 5.41) is 3.72. The Morgan fingerprint density at radius 1 is 1.05 bits per heavy atom. The van der Waals surface area contributed by atoms with E-state index in [0.717, 1.165) is 32.4 Å². The van der Waals surface area contributed by atoms with Gasteiger partial charge in [-0.25, -0.2) is 0 Å². The number of thioether (sulfide) groups is 1. The summed E-state index contributed by atoms with van der Waals surface area (Å²) in [6.07, 6.45) is 0. The number of rotatable bonds is 5. The molecule has 116 valence electrons. The molecule has 0 atom stereocenters. The summed E-state index contributed by atoms with van der Waals surface area (Å²) < 4.78 is 0. The van der Waals surface area contributed by atoms with Gasteiger partial charge in [0.2, 0.25) is 0 Å². The van der Waals surface area contributed by atoms with Gasteiger partial charge in [0.15, 0.2) is 0 Å². The normalized spacial score (nSPS) is 10.5. The first kappa shape index (κ1) is 16.9. The molecule has 2 rings (SSSR count). The highest BCUT2D eigenvalue weighted by Gasteiger charge is 2.10. The Hall–Kier alpha value is -1.45. The molecule has 2 aromatic carbocycles. The quantitative estimate of drug-likeness (QED) is 0.629. The number of hydrogen-bond donors (Lipinski definition) is 1. The van der Waals surface area contributed by atoms with Crippen molar-refractivity contribution in [3.05, 3.63) is 63.7 Å². The van der Waals surface area contributed by atoms with Crippen LogP contribution in [0.4, 0.5) is 0 Å². The summed E-state index contributed by atoms with van der Waals surface area (Å²) in [4.78, 5) is 13.4. The summed E-state index contributed by atoms with van der Waals surface area (Å²) in [6.45, 7) is 6.71. The minimum absolute atomic E-state index is 0.00249. The topological polar surface area (TPSA) is 29.1 Å². The van der Waals surface area contributed by atoms with Gasteiger partial charge in [-0.15, -0.1) is 11.8 Å². The zero-order valence-corrected chi connectivity index (χ0v) is 14.6. The number of hydrogen-bond acceptors (Lipinski definition) is 2. The lowest BCUT2D eigenvalue weighted by molar-refractivity contribution is 0.0955. The predicted octanol–water partition coefficient (Wildman–Crippen LogP) is 4.79. The van der Waals surface area contributed by atoms with Gasteiger partial charge in [-0.2, -0.15) is 0 Å². The van der Waals surface area contributed by atoms with Crippen molar-refractivity contribution in [2.24, 2.45) is 0 Å². The van der Waals surface area contributed by atoms with Crippen LogP contribution in [0.1, 0.15) is 27.0 Å². The lowest BCUT2D eigenvalue weighted by atomic mass is 10.0. The zero-order chi connectivity index (χ0) is 16.1. The van der Waals surface area contributed by atoms with Crippen molar-refractivity contribution in [3.8, 4) is 0 Å². The van der Waals surface area contributed by atoms with Gasteiger partial charge in [-0.05, 0) is 67.8 Å². The highest BCUT2D eigenvalue weighted by atomic mass is 35.5. The Bertz CT molecular complexity index is 668. The summed E-state index contributed by atoms with van der Waals surface area (Å²) >= 11 is 7.56. The maximum atomic E-state index is 12.2.